The summed E-state index contributed by atoms with van der Waals surface area (Å²) in [6.45, 7) is 0. The largest absolute Gasteiger partial charge is 0.426 e. The molecule has 0 fully saturated rings. The molecule has 4 nitrogen and oxygen atoms in total. The second kappa shape index (κ2) is 15.2. The van der Waals surface area contributed by atoms with Crippen LogP contribution in [0, 0.1) is 51.7 Å². The van der Waals surface area contributed by atoms with Crippen LogP contribution in [-0.2, 0) is 17.6 Å². The van der Waals surface area contributed by atoms with Crippen molar-refractivity contribution in [2.24, 2.45) is 0 Å². The summed E-state index contributed by atoms with van der Waals surface area (Å²) in [5.74, 6) is -4.53. The fraction of sp³-hybridized carbons (Fsp3) is 0.154. The van der Waals surface area contributed by atoms with Crippen LogP contribution < -0.4 is 4.74 Å². The third kappa shape index (κ3) is 7.94. The Morgan fingerprint density at radius 3 is 1.88 bits per heavy atom. The molecule has 0 N–H and O–H groups in total. The molecule has 0 spiro atoms. The van der Waals surface area contributed by atoms with Crippen LogP contribution in [0.3, 0.4) is 0 Å². The lowest BCUT2D eigenvalue weighted by atomic mass is 9.96. The van der Waals surface area contributed by atoms with Crippen LogP contribution in [0.15, 0.2) is 91.0 Å². The summed E-state index contributed by atoms with van der Waals surface area (Å²) >= 11 is 0. The fourth-order valence-electron chi connectivity index (χ4n) is 5.36. The van der Waals surface area contributed by atoms with Gasteiger partial charge in [0.15, 0.2) is 0 Å². The highest BCUT2D eigenvalue weighted by Gasteiger charge is 2.18. The molecular formula is C39H27F5N2O2. The second-order valence-corrected chi connectivity index (χ2v) is 11.1. The third-order valence-corrected chi connectivity index (χ3v) is 7.83. The summed E-state index contributed by atoms with van der Waals surface area (Å²) in [6, 6.07) is 24.5. The smallest absolute Gasteiger partial charge is 0.311 e. The van der Waals surface area contributed by atoms with Crippen LogP contribution in [0.1, 0.15) is 42.4 Å². The van der Waals surface area contributed by atoms with Crippen LogP contribution >= 0.6 is 0 Å². The molecule has 0 atom stereocenters. The van der Waals surface area contributed by atoms with Crippen molar-refractivity contribution >= 4 is 5.97 Å². The number of nitriles is 2. The van der Waals surface area contributed by atoms with Gasteiger partial charge < -0.3 is 4.74 Å². The van der Waals surface area contributed by atoms with Crippen LogP contribution in [0.25, 0.3) is 33.4 Å². The Hall–Kier alpha value is -5.80. The summed E-state index contributed by atoms with van der Waals surface area (Å²) in [5.41, 5.74) is 1.62. The van der Waals surface area contributed by atoms with E-state index in [1.807, 2.05) is 0 Å². The summed E-state index contributed by atoms with van der Waals surface area (Å²) in [7, 11) is 0. The van der Waals surface area contributed by atoms with Crippen molar-refractivity contribution in [3.05, 3.63) is 137 Å². The number of aryl methyl sites for hydroxylation is 1. The van der Waals surface area contributed by atoms with E-state index in [2.05, 4.69) is 6.07 Å². The number of carbonyl (C=O) groups is 1. The number of benzene rings is 5. The molecule has 0 bridgehead atoms. The Morgan fingerprint density at radius 2 is 1.23 bits per heavy atom. The van der Waals surface area contributed by atoms with Gasteiger partial charge in [0.25, 0.3) is 0 Å². The average Bonchev–Trinajstić information content (AvgIpc) is 3.05. The highest BCUT2D eigenvalue weighted by molar-refractivity contribution is 5.74. The van der Waals surface area contributed by atoms with Crippen molar-refractivity contribution in [1.29, 1.82) is 10.5 Å². The van der Waals surface area contributed by atoms with Gasteiger partial charge >= 0.3 is 5.97 Å². The Labute approximate surface area is 274 Å². The summed E-state index contributed by atoms with van der Waals surface area (Å²) in [4.78, 5) is 12.3. The highest BCUT2D eigenvalue weighted by Crippen LogP contribution is 2.33. The molecule has 240 valence electrons. The van der Waals surface area contributed by atoms with E-state index in [9.17, 15) is 22.4 Å². The van der Waals surface area contributed by atoms with Crippen LogP contribution in [0.2, 0.25) is 0 Å². The molecule has 0 aromatic heterocycles. The van der Waals surface area contributed by atoms with E-state index in [-0.39, 0.29) is 40.8 Å². The molecule has 5 rings (SSSR count). The molecule has 0 unspecified atom stereocenters. The van der Waals surface area contributed by atoms with E-state index >= 15 is 4.39 Å². The van der Waals surface area contributed by atoms with Gasteiger partial charge in [-0.2, -0.15) is 10.5 Å². The molecule has 0 amide bonds. The van der Waals surface area contributed by atoms with E-state index in [1.165, 1.54) is 30.3 Å². The number of unbranched alkanes of at least 4 members (excludes halogenated alkanes) is 2. The lowest BCUT2D eigenvalue weighted by Crippen LogP contribution is -2.07. The van der Waals surface area contributed by atoms with Crippen LogP contribution in [0.5, 0.6) is 5.75 Å². The summed E-state index contributed by atoms with van der Waals surface area (Å²) < 4.78 is 78.9. The molecule has 0 heterocycles. The normalized spacial score (nSPS) is 10.7. The molecule has 5 aromatic carbocycles. The maximum Gasteiger partial charge on any atom is 0.311 e. The van der Waals surface area contributed by atoms with Gasteiger partial charge in [-0.15, -0.1) is 0 Å². The number of esters is 1. The standard InChI is InChI=1S/C39H27F5N2O2/c40-33-19-27(11-12-28(33)23-46)39-36(43)20-29(21-37(39)44)32-14-8-25(18-34(32)41)4-2-1-3-5-38(47)48-30-13-15-31(35(42)22-30)26-9-6-24(7-10-26)16-17-45/h6-15,18-22H,1-5,16H2. The highest BCUT2D eigenvalue weighted by atomic mass is 19.1. The van der Waals surface area contributed by atoms with Gasteiger partial charge in [-0.25, -0.2) is 22.0 Å². The van der Waals surface area contributed by atoms with Crippen molar-refractivity contribution in [1.82, 2.24) is 0 Å². The van der Waals surface area contributed by atoms with Crippen molar-refractivity contribution in [2.45, 2.75) is 38.5 Å². The van der Waals surface area contributed by atoms with E-state index in [4.69, 9.17) is 15.3 Å². The van der Waals surface area contributed by atoms with E-state index < -0.39 is 40.6 Å². The Bertz CT molecular complexity index is 2040. The number of ether oxygens (including phenoxy) is 1. The predicted molar refractivity (Wildman–Crippen MR) is 171 cm³/mol. The zero-order valence-corrected chi connectivity index (χ0v) is 25.5. The number of carbonyl (C=O) groups excluding carboxylic acids is 1. The topological polar surface area (TPSA) is 73.9 Å². The minimum absolute atomic E-state index is 0.00479. The van der Waals surface area contributed by atoms with E-state index in [1.54, 1.807) is 36.4 Å². The first-order valence-electron chi connectivity index (χ1n) is 15.1. The van der Waals surface area contributed by atoms with Gasteiger partial charge in [0.05, 0.1) is 23.6 Å². The number of nitrogens with zero attached hydrogens (tertiary/aromatic N) is 2. The molecule has 0 saturated carbocycles. The number of hydrogen-bond donors (Lipinski definition) is 0. The molecule has 48 heavy (non-hydrogen) atoms. The summed E-state index contributed by atoms with van der Waals surface area (Å²) in [6.07, 6.45) is 2.66. The van der Waals surface area contributed by atoms with Crippen molar-refractivity contribution in [3.8, 4) is 51.3 Å². The molecular weight excluding hydrogens is 623 g/mol. The predicted octanol–water partition coefficient (Wildman–Crippen LogP) is 10.0. The minimum atomic E-state index is -1.00. The van der Waals surface area contributed by atoms with Crippen LogP contribution in [-0.4, -0.2) is 5.97 Å². The van der Waals surface area contributed by atoms with Gasteiger partial charge in [-0.1, -0.05) is 48.9 Å². The van der Waals surface area contributed by atoms with Gasteiger partial charge in [0.1, 0.15) is 40.9 Å². The Morgan fingerprint density at radius 1 is 0.604 bits per heavy atom. The van der Waals surface area contributed by atoms with Crippen molar-refractivity contribution in [3.63, 3.8) is 0 Å². The molecule has 0 aliphatic rings. The van der Waals surface area contributed by atoms with Crippen LogP contribution in [0.4, 0.5) is 22.0 Å². The first-order chi connectivity index (χ1) is 23.2. The first-order valence-corrected chi connectivity index (χ1v) is 15.1. The van der Waals surface area contributed by atoms with Gasteiger partial charge in [0.2, 0.25) is 0 Å². The second-order valence-electron chi connectivity index (χ2n) is 11.1. The molecule has 0 saturated heterocycles. The Balaban J connectivity index is 1.11. The molecule has 0 aliphatic carbocycles. The maximum atomic E-state index is 15.0. The lowest BCUT2D eigenvalue weighted by molar-refractivity contribution is -0.134. The quantitative estimate of drug-likeness (QED) is 0.0617. The first kappa shape index (κ1) is 33.6. The molecule has 5 aromatic rings. The molecule has 0 radical (unpaired) electrons. The zero-order chi connectivity index (χ0) is 34.2. The van der Waals surface area contributed by atoms with Gasteiger partial charge in [-0.3, -0.25) is 4.79 Å². The number of halogens is 5. The van der Waals surface area contributed by atoms with E-state index in [0.29, 0.717) is 42.4 Å². The third-order valence-electron chi connectivity index (χ3n) is 7.83. The lowest BCUT2D eigenvalue weighted by Gasteiger charge is -2.11. The van der Waals surface area contributed by atoms with Gasteiger partial charge in [0, 0.05) is 23.6 Å². The van der Waals surface area contributed by atoms with Gasteiger partial charge in [-0.05, 0) is 89.5 Å². The average molecular weight is 651 g/mol. The number of hydrogen-bond acceptors (Lipinski definition) is 4. The fourth-order valence-corrected chi connectivity index (χ4v) is 5.36. The van der Waals surface area contributed by atoms with Crippen molar-refractivity contribution in [2.75, 3.05) is 0 Å². The SMILES string of the molecule is N#CCc1ccc(-c2ccc(OC(=O)CCCCCc3ccc(-c4cc(F)c(-c5ccc(C#N)c(F)c5)c(F)c4)c(F)c3)cc2F)cc1. The maximum absolute atomic E-state index is 15.0. The zero-order valence-electron chi connectivity index (χ0n) is 25.5. The monoisotopic (exact) mass is 650 g/mol. The summed E-state index contributed by atoms with van der Waals surface area (Å²) in [5, 5.41) is 17.7. The molecule has 9 heteroatoms. The Kier molecular flexibility index (Phi) is 10.6. The number of rotatable bonds is 11. The molecule has 0 aliphatic heterocycles. The minimum Gasteiger partial charge on any atom is -0.426 e. The van der Waals surface area contributed by atoms with Crippen molar-refractivity contribution < 1.29 is 31.5 Å². The van der Waals surface area contributed by atoms with E-state index in [0.717, 1.165) is 35.9 Å².